The molecular weight excluding hydrogens is 412 g/mol. The highest BCUT2D eigenvalue weighted by atomic mass is 35.5. The number of aromatic nitrogens is 1. The number of carbonyl (C=O) groups is 2. The molecule has 8 heteroatoms. The number of fused-ring (bicyclic) bond motifs is 2. The molecule has 0 saturated carbocycles. The van der Waals surface area contributed by atoms with Gasteiger partial charge >= 0.3 is 0 Å². The highest BCUT2D eigenvalue weighted by Gasteiger charge is 2.36. The number of hydrogen-bond acceptors (Lipinski definition) is 5. The lowest BCUT2D eigenvalue weighted by atomic mass is 10.1. The maximum Gasteiger partial charge on any atom is 0.293 e. The van der Waals surface area contributed by atoms with Crippen molar-refractivity contribution in [3.8, 4) is 11.5 Å². The van der Waals surface area contributed by atoms with Gasteiger partial charge in [0.2, 0.25) is 6.79 Å². The molecule has 1 fully saturated rings. The zero-order valence-corrected chi connectivity index (χ0v) is 16.9. The van der Waals surface area contributed by atoms with E-state index in [1.54, 1.807) is 18.2 Å². The molecule has 1 saturated heterocycles. The second-order valence-corrected chi connectivity index (χ2v) is 8.18. The number of rotatable bonds is 3. The molecule has 2 amide bonds. The standard InChI is InChI=1S/C21H15ClN2O4S/c1-23-9-12(14-4-2-3-5-16(14)23)7-19-20(25)24(21(26)29-19)10-13-6-17-18(8-15(13)22)28-11-27-17/h2-9H,10-11H2,1H3/b19-7-. The topological polar surface area (TPSA) is 60.8 Å². The molecule has 0 aliphatic carbocycles. The zero-order valence-electron chi connectivity index (χ0n) is 15.3. The zero-order chi connectivity index (χ0) is 20.1. The number of carbonyl (C=O) groups excluding carboxylic acids is 2. The van der Waals surface area contributed by atoms with Crippen molar-refractivity contribution >= 4 is 51.5 Å². The molecule has 0 radical (unpaired) electrons. The van der Waals surface area contributed by atoms with Crippen LogP contribution < -0.4 is 9.47 Å². The third-order valence-electron chi connectivity index (χ3n) is 4.96. The van der Waals surface area contributed by atoms with Gasteiger partial charge in [-0.05, 0) is 35.5 Å². The van der Waals surface area contributed by atoms with Gasteiger partial charge < -0.3 is 14.0 Å². The lowest BCUT2D eigenvalue weighted by molar-refractivity contribution is -0.123. The van der Waals surface area contributed by atoms with Gasteiger partial charge in [0.05, 0.1) is 11.4 Å². The first kappa shape index (κ1) is 18.1. The molecule has 0 bridgehead atoms. The predicted molar refractivity (Wildman–Crippen MR) is 112 cm³/mol. The van der Waals surface area contributed by atoms with Crippen LogP contribution in [0.25, 0.3) is 17.0 Å². The first-order valence-electron chi connectivity index (χ1n) is 8.89. The van der Waals surface area contributed by atoms with Gasteiger partial charge in [-0.1, -0.05) is 29.8 Å². The molecule has 3 aromatic rings. The molecule has 2 aliphatic rings. The molecule has 3 heterocycles. The van der Waals surface area contributed by atoms with E-state index in [0.717, 1.165) is 28.2 Å². The molecule has 6 nitrogen and oxygen atoms in total. The third-order valence-corrected chi connectivity index (χ3v) is 6.22. The van der Waals surface area contributed by atoms with Crippen LogP contribution in [0, 0.1) is 0 Å². The van der Waals surface area contributed by atoms with Gasteiger partial charge in [-0.15, -0.1) is 0 Å². The molecule has 0 spiro atoms. The van der Waals surface area contributed by atoms with Crippen LogP contribution >= 0.6 is 23.4 Å². The maximum atomic E-state index is 12.9. The minimum absolute atomic E-state index is 0.0764. The maximum absolute atomic E-state index is 12.9. The monoisotopic (exact) mass is 426 g/mol. The molecular formula is C21H15ClN2O4S. The Bertz CT molecular complexity index is 1220. The number of amides is 2. The molecule has 2 aromatic carbocycles. The number of imide groups is 1. The Labute approximate surface area is 175 Å². The first-order valence-corrected chi connectivity index (χ1v) is 10.1. The SMILES string of the molecule is Cn1cc(/C=C2\SC(=O)N(Cc3cc4c(cc3Cl)OCO4)C2=O)c2ccccc21. The third kappa shape index (κ3) is 3.07. The van der Waals surface area contributed by atoms with E-state index in [2.05, 4.69) is 0 Å². The van der Waals surface area contributed by atoms with Gasteiger partial charge in [0.1, 0.15) is 0 Å². The van der Waals surface area contributed by atoms with Gasteiger partial charge in [0.15, 0.2) is 11.5 Å². The number of halogens is 1. The molecule has 1 aromatic heterocycles. The molecule has 0 unspecified atom stereocenters. The fourth-order valence-electron chi connectivity index (χ4n) is 3.52. The van der Waals surface area contributed by atoms with Crippen molar-refractivity contribution in [3.63, 3.8) is 0 Å². The van der Waals surface area contributed by atoms with Crippen LogP contribution in [-0.4, -0.2) is 27.4 Å². The van der Waals surface area contributed by atoms with Crippen LogP contribution in [-0.2, 0) is 18.4 Å². The molecule has 29 heavy (non-hydrogen) atoms. The van der Waals surface area contributed by atoms with Gasteiger partial charge in [0, 0.05) is 40.8 Å². The quantitative estimate of drug-likeness (QED) is 0.563. The second-order valence-electron chi connectivity index (χ2n) is 6.78. The van der Waals surface area contributed by atoms with Crippen LogP contribution in [0.15, 0.2) is 47.5 Å². The number of nitrogens with zero attached hydrogens (tertiary/aromatic N) is 2. The van der Waals surface area contributed by atoms with Crippen molar-refractivity contribution in [2.24, 2.45) is 7.05 Å². The van der Waals surface area contributed by atoms with Gasteiger partial charge in [-0.2, -0.15) is 0 Å². The molecule has 0 N–H and O–H groups in total. The Balaban J connectivity index is 1.45. The van der Waals surface area contributed by atoms with Crippen molar-refractivity contribution in [1.29, 1.82) is 0 Å². The summed E-state index contributed by atoms with van der Waals surface area (Å²) >= 11 is 7.24. The minimum atomic E-state index is -0.332. The van der Waals surface area contributed by atoms with E-state index < -0.39 is 0 Å². The molecule has 2 aliphatic heterocycles. The van der Waals surface area contributed by atoms with E-state index >= 15 is 0 Å². The average Bonchev–Trinajstić information content (AvgIpc) is 3.36. The normalized spacial score (nSPS) is 17.2. The Hall–Kier alpha value is -2.90. The van der Waals surface area contributed by atoms with Crippen molar-refractivity contribution in [1.82, 2.24) is 9.47 Å². The Morgan fingerprint density at radius 2 is 1.93 bits per heavy atom. The summed E-state index contributed by atoms with van der Waals surface area (Å²) in [6.45, 7) is 0.206. The van der Waals surface area contributed by atoms with Crippen LogP contribution in [0.3, 0.4) is 0 Å². The summed E-state index contributed by atoms with van der Waals surface area (Å²) in [5.41, 5.74) is 2.59. The van der Waals surface area contributed by atoms with E-state index in [1.807, 2.05) is 42.1 Å². The summed E-state index contributed by atoms with van der Waals surface area (Å²) in [7, 11) is 1.95. The predicted octanol–water partition coefficient (Wildman–Crippen LogP) is 4.80. The van der Waals surface area contributed by atoms with E-state index in [0.29, 0.717) is 27.0 Å². The number of ether oxygens (including phenoxy) is 2. The number of thioether (sulfide) groups is 1. The fraction of sp³-hybridized carbons (Fsp3) is 0.143. The van der Waals surface area contributed by atoms with Crippen molar-refractivity contribution in [2.45, 2.75) is 6.54 Å². The van der Waals surface area contributed by atoms with Gasteiger partial charge in [-0.3, -0.25) is 14.5 Å². The largest absolute Gasteiger partial charge is 0.454 e. The average molecular weight is 427 g/mol. The molecule has 5 rings (SSSR count). The number of hydrogen-bond donors (Lipinski definition) is 0. The van der Waals surface area contributed by atoms with E-state index in [9.17, 15) is 9.59 Å². The van der Waals surface area contributed by atoms with Crippen LogP contribution in [0.1, 0.15) is 11.1 Å². The van der Waals surface area contributed by atoms with Crippen molar-refractivity contribution < 1.29 is 19.1 Å². The van der Waals surface area contributed by atoms with Crippen LogP contribution in [0.5, 0.6) is 11.5 Å². The van der Waals surface area contributed by atoms with E-state index in [4.69, 9.17) is 21.1 Å². The summed E-state index contributed by atoms with van der Waals surface area (Å²) in [5, 5.41) is 1.13. The highest BCUT2D eigenvalue weighted by molar-refractivity contribution is 8.18. The van der Waals surface area contributed by atoms with Crippen molar-refractivity contribution in [3.05, 3.63) is 63.6 Å². The number of aryl methyl sites for hydroxylation is 1. The lowest BCUT2D eigenvalue weighted by Gasteiger charge is -2.14. The van der Waals surface area contributed by atoms with E-state index in [1.165, 1.54) is 4.90 Å². The van der Waals surface area contributed by atoms with Crippen molar-refractivity contribution in [2.75, 3.05) is 6.79 Å². The Morgan fingerprint density at radius 3 is 2.76 bits per heavy atom. The fourth-order valence-corrected chi connectivity index (χ4v) is 4.56. The summed E-state index contributed by atoms with van der Waals surface area (Å²) < 4.78 is 12.7. The lowest BCUT2D eigenvalue weighted by Crippen LogP contribution is -2.27. The summed E-state index contributed by atoms with van der Waals surface area (Å²) in [6.07, 6.45) is 3.72. The minimum Gasteiger partial charge on any atom is -0.454 e. The summed E-state index contributed by atoms with van der Waals surface area (Å²) in [5.74, 6) is 0.785. The molecule has 0 atom stereocenters. The first-order chi connectivity index (χ1) is 14.0. The van der Waals surface area contributed by atoms with Crippen LogP contribution in [0.4, 0.5) is 4.79 Å². The van der Waals surface area contributed by atoms with Gasteiger partial charge in [-0.25, -0.2) is 0 Å². The molecule has 146 valence electrons. The van der Waals surface area contributed by atoms with Gasteiger partial charge in [0.25, 0.3) is 11.1 Å². The summed E-state index contributed by atoms with van der Waals surface area (Å²) in [4.78, 5) is 27.0. The van der Waals surface area contributed by atoms with E-state index in [-0.39, 0.29) is 24.5 Å². The highest BCUT2D eigenvalue weighted by Crippen LogP contribution is 2.39. The number of benzene rings is 2. The summed E-state index contributed by atoms with van der Waals surface area (Å²) in [6, 6.07) is 11.3. The second kappa shape index (κ2) is 6.86. The Kier molecular flexibility index (Phi) is 4.29. The number of para-hydroxylation sites is 1. The Morgan fingerprint density at radius 1 is 1.17 bits per heavy atom. The smallest absolute Gasteiger partial charge is 0.293 e. The van der Waals surface area contributed by atoms with Crippen LogP contribution in [0.2, 0.25) is 5.02 Å².